The van der Waals surface area contributed by atoms with Crippen molar-refractivity contribution in [1.29, 1.82) is 0 Å². The van der Waals surface area contributed by atoms with E-state index in [-0.39, 0.29) is 17.7 Å². The highest BCUT2D eigenvalue weighted by molar-refractivity contribution is 6.30. The third kappa shape index (κ3) is 5.99. The Bertz CT molecular complexity index is 693. The van der Waals surface area contributed by atoms with E-state index in [1.165, 1.54) is 12.1 Å². The Balaban J connectivity index is 1.91. The Hall–Kier alpha value is -2.18. The van der Waals surface area contributed by atoms with Crippen LogP contribution >= 0.6 is 11.6 Å². The van der Waals surface area contributed by atoms with E-state index in [1.807, 2.05) is 11.9 Å². The van der Waals surface area contributed by atoms with Crippen LogP contribution in [0, 0.1) is 0 Å². The molecule has 0 aliphatic heterocycles. The van der Waals surface area contributed by atoms with Crippen LogP contribution in [0.15, 0.2) is 48.5 Å². The topological polar surface area (TPSA) is 41.6 Å². The van der Waals surface area contributed by atoms with Crippen LogP contribution in [0.25, 0.3) is 0 Å². The molecule has 1 N–H and O–H groups in total. The number of hydrogen-bond donors (Lipinski definition) is 1. The second kappa shape index (κ2) is 8.78. The summed E-state index contributed by atoms with van der Waals surface area (Å²) in [7, 11) is 1.82. The molecular formula is C18H19ClF2N2O2. The summed E-state index contributed by atoms with van der Waals surface area (Å²) in [4.78, 5) is 14.2. The summed E-state index contributed by atoms with van der Waals surface area (Å²) in [6.07, 6.45) is 0. The van der Waals surface area contributed by atoms with Crippen LogP contribution in [-0.4, -0.2) is 30.5 Å². The molecular weight excluding hydrogens is 350 g/mol. The van der Waals surface area contributed by atoms with Crippen LogP contribution in [-0.2, 0) is 11.3 Å². The zero-order valence-corrected chi connectivity index (χ0v) is 14.6. The number of alkyl halides is 2. The Morgan fingerprint density at radius 3 is 2.32 bits per heavy atom. The van der Waals surface area contributed by atoms with E-state index in [1.54, 1.807) is 43.3 Å². The molecule has 4 nitrogen and oxygen atoms in total. The van der Waals surface area contributed by atoms with Crippen molar-refractivity contribution in [2.45, 2.75) is 26.1 Å². The first-order chi connectivity index (χ1) is 11.8. The summed E-state index contributed by atoms with van der Waals surface area (Å²) >= 11 is 5.82. The molecule has 2 aromatic carbocycles. The summed E-state index contributed by atoms with van der Waals surface area (Å²) in [6.45, 7) is -0.561. The Kier molecular flexibility index (Phi) is 6.73. The van der Waals surface area contributed by atoms with Crippen molar-refractivity contribution in [1.82, 2.24) is 4.90 Å². The predicted molar refractivity (Wildman–Crippen MR) is 94.1 cm³/mol. The number of amides is 1. The second-order valence-electron chi connectivity index (χ2n) is 5.61. The molecule has 1 atom stereocenters. The number of hydrogen-bond acceptors (Lipinski definition) is 3. The normalized spacial score (nSPS) is 12.3. The number of nitrogens with one attached hydrogen (secondary N) is 1. The SMILES string of the molecule is C[C@@H](C(=O)Nc1ccc(Cl)cc1)N(C)Cc1ccc(OC(F)F)cc1. The van der Waals surface area contributed by atoms with Crippen LogP contribution in [0.3, 0.4) is 0 Å². The molecule has 0 aromatic heterocycles. The van der Waals surface area contributed by atoms with Crippen molar-refractivity contribution in [3.8, 4) is 5.75 Å². The molecule has 0 heterocycles. The zero-order valence-electron chi connectivity index (χ0n) is 13.9. The number of ether oxygens (including phenoxy) is 1. The molecule has 0 spiro atoms. The quantitative estimate of drug-likeness (QED) is 0.787. The van der Waals surface area contributed by atoms with Gasteiger partial charge in [-0.3, -0.25) is 9.69 Å². The lowest BCUT2D eigenvalue weighted by Gasteiger charge is -2.24. The van der Waals surface area contributed by atoms with Crippen LogP contribution in [0.2, 0.25) is 5.02 Å². The maximum atomic E-state index is 12.3. The van der Waals surface area contributed by atoms with Crippen molar-refractivity contribution >= 4 is 23.2 Å². The van der Waals surface area contributed by atoms with E-state index < -0.39 is 6.61 Å². The van der Waals surface area contributed by atoms with E-state index in [0.717, 1.165) is 5.56 Å². The first kappa shape index (κ1) is 19.1. The van der Waals surface area contributed by atoms with Gasteiger partial charge < -0.3 is 10.1 Å². The molecule has 0 fully saturated rings. The Morgan fingerprint density at radius 1 is 1.16 bits per heavy atom. The minimum absolute atomic E-state index is 0.106. The molecule has 0 saturated heterocycles. The van der Waals surface area contributed by atoms with Gasteiger partial charge in [-0.1, -0.05) is 23.7 Å². The lowest BCUT2D eigenvalue weighted by atomic mass is 10.1. The second-order valence-corrected chi connectivity index (χ2v) is 6.05. The fourth-order valence-electron chi connectivity index (χ4n) is 2.18. The number of halogens is 3. The maximum Gasteiger partial charge on any atom is 0.387 e. The molecule has 0 aliphatic carbocycles. The zero-order chi connectivity index (χ0) is 18.4. The van der Waals surface area contributed by atoms with Crippen molar-refractivity contribution < 1.29 is 18.3 Å². The van der Waals surface area contributed by atoms with Gasteiger partial charge in [0.05, 0.1) is 6.04 Å². The molecule has 25 heavy (non-hydrogen) atoms. The summed E-state index contributed by atoms with van der Waals surface area (Å²) in [6, 6.07) is 12.8. The van der Waals surface area contributed by atoms with Crippen molar-refractivity contribution in [3.63, 3.8) is 0 Å². The van der Waals surface area contributed by atoms with Gasteiger partial charge in [-0.25, -0.2) is 0 Å². The summed E-state index contributed by atoms with van der Waals surface area (Å²) in [5, 5.41) is 3.42. The third-order valence-electron chi connectivity index (χ3n) is 3.73. The number of likely N-dealkylation sites (N-methyl/N-ethyl adjacent to an activating group) is 1. The number of nitrogens with zero attached hydrogens (tertiary/aromatic N) is 1. The van der Waals surface area contributed by atoms with E-state index >= 15 is 0 Å². The fraction of sp³-hybridized carbons (Fsp3) is 0.278. The van der Waals surface area contributed by atoms with E-state index in [2.05, 4.69) is 10.1 Å². The van der Waals surface area contributed by atoms with Gasteiger partial charge in [0.2, 0.25) is 5.91 Å². The monoisotopic (exact) mass is 368 g/mol. The lowest BCUT2D eigenvalue weighted by molar-refractivity contribution is -0.120. The van der Waals surface area contributed by atoms with Gasteiger partial charge in [0.15, 0.2) is 0 Å². The first-order valence-corrected chi connectivity index (χ1v) is 8.03. The van der Waals surface area contributed by atoms with Gasteiger partial charge in [-0.05, 0) is 55.9 Å². The van der Waals surface area contributed by atoms with Gasteiger partial charge in [-0.15, -0.1) is 0 Å². The van der Waals surface area contributed by atoms with Crippen molar-refractivity contribution in [2.75, 3.05) is 12.4 Å². The highest BCUT2D eigenvalue weighted by Crippen LogP contribution is 2.17. The predicted octanol–water partition coefficient (Wildman–Crippen LogP) is 4.40. The Morgan fingerprint density at radius 2 is 1.76 bits per heavy atom. The fourth-order valence-corrected chi connectivity index (χ4v) is 2.31. The largest absolute Gasteiger partial charge is 0.435 e. The smallest absolute Gasteiger partial charge is 0.387 e. The number of carbonyl (C=O) groups is 1. The lowest BCUT2D eigenvalue weighted by Crippen LogP contribution is -2.39. The van der Waals surface area contributed by atoms with Crippen LogP contribution in [0.1, 0.15) is 12.5 Å². The van der Waals surface area contributed by atoms with Crippen molar-refractivity contribution in [2.24, 2.45) is 0 Å². The van der Waals surface area contributed by atoms with Gasteiger partial charge in [0.25, 0.3) is 0 Å². The number of rotatable bonds is 7. The third-order valence-corrected chi connectivity index (χ3v) is 3.98. The van der Waals surface area contributed by atoms with Gasteiger partial charge in [-0.2, -0.15) is 8.78 Å². The molecule has 7 heteroatoms. The minimum atomic E-state index is -2.84. The van der Waals surface area contributed by atoms with E-state index in [9.17, 15) is 13.6 Å². The average Bonchev–Trinajstić information content (AvgIpc) is 2.57. The molecule has 134 valence electrons. The summed E-state index contributed by atoms with van der Waals surface area (Å²) < 4.78 is 28.6. The van der Waals surface area contributed by atoms with E-state index in [4.69, 9.17) is 11.6 Å². The summed E-state index contributed by atoms with van der Waals surface area (Å²) in [5.74, 6) is -0.0441. The highest BCUT2D eigenvalue weighted by atomic mass is 35.5. The molecule has 0 bridgehead atoms. The van der Waals surface area contributed by atoms with Gasteiger partial charge in [0.1, 0.15) is 5.75 Å². The number of anilines is 1. The molecule has 0 saturated carbocycles. The maximum absolute atomic E-state index is 12.3. The standard InChI is InChI=1S/C18H19ClF2N2O2/c1-12(17(24)22-15-7-5-14(19)6-8-15)23(2)11-13-3-9-16(10-4-13)25-18(20)21/h3-10,12,18H,11H2,1-2H3,(H,22,24)/t12-/m0/s1. The molecule has 2 rings (SSSR count). The number of benzene rings is 2. The average molecular weight is 369 g/mol. The molecule has 0 aliphatic rings. The van der Waals surface area contributed by atoms with E-state index in [0.29, 0.717) is 17.3 Å². The minimum Gasteiger partial charge on any atom is -0.435 e. The van der Waals surface area contributed by atoms with Gasteiger partial charge >= 0.3 is 6.61 Å². The van der Waals surface area contributed by atoms with Crippen LogP contribution in [0.4, 0.5) is 14.5 Å². The number of carbonyl (C=O) groups excluding carboxylic acids is 1. The Labute approximate surface area is 150 Å². The molecule has 0 radical (unpaired) electrons. The summed E-state index contributed by atoms with van der Waals surface area (Å²) in [5.41, 5.74) is 1.55. The molecule has 1 amide bonds. The molecule has 2 aromatic rings. The van der Waals surface area contributed by atoms with Crippen LogP contribution < -0.4 is 10.1 Å². The first-order valence-electron chi connectivity index (χ1n) is 7.65. The van der Waals surface area contributed by atoms with Crippen molar-refractivity contribution in [3.05, 3.63) is 59.1 Å². The van der Waals surface area contributed by atoms with Gasteiger partial charge in [0, 0.05) is 17.3 Å². The highest BCUT2D eigenvalue weighted by Gasteiger charge is 2.18. The van der Waals surface area contributed by atoms with Crippen LogP contribution in [0.5, 0.6) is 5.75 Å². The molecule has 0 unspecified atom stereocenters.